The molecule has 0 aliphatic carbocycles. The molecular formula is C2HF3O. The van der Waals surface area contributed by atoms with Gasteiger partial charge in [-0.15, -0.1) is 0 Å². The van der Waals surface area contributed by atoms with Gasteiger partial charge in [-0.3, -0.25) is 0 Å². The van der Waals surface area contributed by atoms with Crippen LogP contribution in [0, 0.1) is 6.67 Å². The second-order valence-corrected chi connectivity index (χ2v) is 0.671. The monoisotopic (exact) mass is 98.0 g/mol. The highest BCUT2D eigenvalue weighted by atomic mass is 19.3. The average molecular weight is 98.0 g/mol. The maximum atomic E-state index is 10.5. The molecule has 0 saturated carbocycles. The molecule has 0 aliphatic heterocycles. The Labute approximate surface area is 32.4 Å². The Morgan fingerprint density at radius 1 is 1.50 bits per heavy atom. The molecule has 0 aromatic heterocycles. The largest absolute Gasteiger partial charge is 0.415 e. The molecule has 0 unspecified atom stereocenters. The summed E-state index contributed by atoms with van der Waals surface area (Å²) in [5, 5.41) is 8.71. The van der Waals surface area contributed by atoms with Gasteiger partial charge in [0.2, 0.25) is 6.67 Å². The zero-order chi connectivity index (χ0) is 5.21. The molecule has 0 atom stereocenters. The highest BCUT2D eigenvalue weighted by molar-refractivity contribution is 4.55. The van der Waals surface area contributed by atoms with E-state index >= 15 is 0 Å². The maximum Gasteiger partial charge on any atom is 0.415 e. The molecule has 0 aromatic rings. The van der Waals surface area contributed by atoms with Crippen molar-refractivity contribution in [1.82, 2.24) is 0 Å². The summed E-state index contributed by atoms with van der Waals surface area (Å²) < 4.78 is 31.2. The third kappa shape index (κ3) is 3.75. The van der Waals surface area contributed by atoms with E-state index in [9.17, 15) is 13.2 Å². The SMILES string of the molecule is [O]C(F)(F)[CH]F. The number of halogens is 3. The van der Waals surface area contributed by atoms with E-state index in [2.05, 4.69) is 0 Å². The van der Waals surface area contributed by atoms with Gasteiger partial charge in [-0.05, 0) is 0 Å². The zero-order valence-corrected chi connectivity index (χ0v) is 2.62. The Kier molecular flexibility index (Phi) is 1.40. The van der Waals surface area contributed by atoms with Crippen LogP contribution in [0.25, 0.3) is 0 Å². The van der Waals surface area contributed by atoms with Gasteiger partial charge in [0.1, 0.15) is 0 Å². The smallest absolute Gasteiger partial charge is 0.234 e. The van der Waals surface area contributed by atoms with Gasteiger partial charge in [0.15, 0.2) is 0 Å². The van der Waals surface area contributed by atoms with E-state index in [1.165, 1.54) is 0 Å². The molecule has 0 saturated heterocycles. The molecule has 0 spiro atoms. The molecule has 0 N–H and O–H groups in total. The third-order valence-corrected chi connectivity index (χ3v) is 0.127. The number of rotatable bonds is 1. The molecule has 1 nitrogen and oxygen atoms in total. The van der Waals surface area contributed by atoms with E-state index in [-0.39, 0.29) is 0 Å². The number of hydrogen-bond acceptors (Lipinski definition) is 0. The minimum Gasteiger partial charge on any atom is -0.234 e. The second-order valence-electron chi connectivity index (χ2n) is 0.671. The normalized spacial score (nSPS) is 12.0. The summed E-state index contributed by atoms with van der Waals surface area (Å²) in [7, 11) is 0. The fourth-order valence-electron chi connectivity index (χ4n) is 0. The lowest BCUT2D eigenvalue weighted by Gasteiger charge is -1.92. The Bertz CT molecular complexity index is 38.5. The van der Waals surface area contributed by atoms with E-state index in [4.69, 9.17) is 5.11 Å². The third-order valence-electron chi connectivity index (χ3n) is 0.127. The first kappa shape index (κ1) is 5.75. The van der Waals surface area contributed by atoms with Crippen molar-refractivity contribution >= 4 is 0 Å². The van der Waals surface area contributed by atoms with Crippen LogP contribution in [0.5, 0.6) is 0 Å². The summed E-state index contributed by atoms with van der Waals surface area (Å²) in [6, 6.07) is 0. The maximum absolute atomic E-state index is 10.5. The predicted octanol–water partition coefficient (Wildman–Crippen LogP) is 1.14. The molecule has 6 heavy (non-hydrogen) atoms. The van der Waals surface area contributed by atoms with Crippen LogP contribution in [0.4, 0.5) is 13.2 Å². The van der Waals surface area contributed by atoms with Gasteiger partial charge < -0.3 is 0 Å². The molecule has 2 radical (unpaired) electrons. The quantitative estimate of drug-likeness (QED) is 0.468. The van der Waals surface area contributed by atoms with Crippen LogP contribution < -0.4 is 0 Å². The van der Waals surface area contributed by atoms with Crippen LogP contribution in [0.15, 0.2) is 0 Å². The molecule has 0 rings (SSSR count). The molecule has 0 bridgehead atoms. The molecule has 0 fully saturated rings. The van der Waals surface area contributed by atoms with E-state index in [1.807, 2.05) is 0 Å². The van der Waals surface area contributed by atoms with E-state index < -0.39 is 12.8 Å². The summed E-state index contributed by atoms with van der Waals surface area (Å²) in [5.74, 6) is 0. The van der Waals surface area contributed by atoms with Crippen molar-refractivity contribution < 1.29 is 18.3 Å². The van der Waals surface area contributed by atoms with E-state index in [1.54, 1.807) is 0 Å². The second kappa shape index (κ2) is 1.47. The topological polar surface area (TPSA) is 19.9 Å². The lowest BCUT2D eigenvalue weighted by atomic mass is 10.7. The molecule has 0 amide bonds. The van der Waals surface area contributed by atoms with Crippen LogP contribution in [-0.4, -0.2) is 6.11 Å². The van der Waals surface area contributed by atoms with Gasteiger partial charge in [0, 0.05) is 0 Å². The lowest BCUT2D eigenvalue weighted by molar-refractivity contribution is -0.226. The minimum atomic E-state index is -4.50. The van der Waals surface area contributed by atoms with Gasteiger partial charge in [0.25, 0.3) is 0 Å². The Hall–Kier alpha value is -0.250. The van der Waals surface area contributed by atoms with Gasteiger partial charge in [-0.2, -0.15) is 13.9 Å². The van der Waals surface area contributed by atoms with Crippen LogP contribution in [0.1, 0.15) is 0 Å². The zero-order valence-electron chi connectivity index (χ0n) is 2.62. The van der Waals surface area contributed by atoms with Gasteiger partial charge in [-0.1, -0.05) is 0 Å². The first-order chi connectivity index (χ1) is 2.56. The molecule has 36 valence electrons. The number of hydrogen-bond donors (Lipinski definition) is 0. The summed E-state index contributed by atoms with van der Waals surface area (Å²) >= 11 is 0. The van der Waals surface area contributed by atoms with Gasteiger partial charge >= 0.3 is 6.11 Å². The first-order valence-corrected chi connectivity index (χ1v) is 1.09. The van der Waals surface area contributed by atoms with Gasteiger partial charge in [0.05, 0.1) is 0 Å². The van der Waals surface area contributed by atoms with Crippen LogP contribution in [0.2, 0.25) is 0 Å². The highest BCUT2D eigenvalue weighted by Crippen LogP contribution is 2.12. The standard InChI is InChI=1S/C2HF3O/c3-1-2(4,5)6/h1H. The van der Waals surface area contributed by atoms with Crippen molar-refractivity contribution in [3.63, 3.8) is 0 Å². The van der Waals surface area contributed by atoms with Crippen molar-refractivity contribution in [2.75, 3.05) is 0 Å². The fourth-order valence-corrected chi connectivity index (χ4v) is 0. The summed E-state index contributed by atoms with van der Waals surface area (Å²) in [5.41, 5.74) is 0. The molecule has 0 aliphatic rings. The average Bonchev–Trinajstić information content (AvgIpc) is 1.35. The van der Waals surface area contributed by atoms with Crippen molar-refractivity contribution in [2.24, 2.45) is 0 Å². The minimum absolute atomic E-state index is 1.20. The van der Waals surface area contributed by atoms with Crippen molar-refractivity contribution in [3.05, 3.63) is 6.67 Å². The van der Waals surface area contributed by atoms with Crippen LogP contribution >= 0.6 is 0 Å². The number of alkyl halides is 2. The summed E-state index contributed by atoms with van der Waals surface area (Å²) in [6.45, 7) is -1.20. The molecule has 0 aromatic carbocycles. The van der Waals surface area contributed by atoms with Crippen LogP contribution in [-0.2, 0) is 5.11 Å². The first-order valence-electron chi connectivity index (χ1n) is 1.09. The molecular weight excluding hydrogens is 97.0 g/mol. The summed E-state index contributed by atoms with van der Waals surface area (Å²) in [6.07, 6.45) is -4.50. The van der Waals surface area contributed by atoms with E-state index in [0.717, 1.165) is 0 Å². The molecule has 4 heteroatoms. The predicted molar refractivity (Wildman–Crippen MR) is 11.0 cm³/mol. The van der Waals surface area contributed by atoms with Gasteiger partial charge in [-0.25, -0.2) is 4.39 Å². The fraction of sp³-hybridized carbons (Fsp3) is 0.500. The Morgan fingerprint density at radius 3 is 1.67 bits per heavy atom. The Balaban J connectivity index is 3.17. The summed E-state index contributed by atoms with van der Waals surface area (Å²) in [4.78, 5) is 0. The highest BCUT2D eigenvalue weighted by Gasteiger charge is 2.27. The Morgan fingerprint density at radius 2 is 1.67 bits per heavy atom. The van der Waals surface area contributed by atoms with Crippen molar-refractivity contribution in [1.29, 1.82) is 0 Å². The van der Waals surface area contributed by atoms with Crippen molar-refractivity contribution in [3.8, 4) is 0 Å². The van der Waals surface area contributed by atoms with Crippen LogP contribution in [0.3, 0.4) is 0 Å². The van der Waals surface area contributed by atoms with E-state index in [0.29, 0.717) is 0 Å². The van der Waals surface area contributed by atoms with Crippen molar-refractivity contribution in [2.45, 2.75) is 6.11 Å². The molecule has 0 heterocycles. The lowest BCUT2D eigenvalue weighted by Crippen LogP contribution is -2.08.